The molecule has 7 nitrogen and oxygen atoms in total. The molecule has 0 radical (unpaired) electrons. The minimum Gasteiger partial charge on any atom is -0.339 e. The van der Waals surface area contributed by atoms with E-state index in [0.29, 0.717) is 6.54 Å². The van der Waals surface area contributed by atoms with Gasteiger partial charge in [0.2, 0.25) is 5.91 Å². The predicted octanol–water partition coefficient (Wildman–Crippen LogP) is 1.68. The first-order valence-electron chi connectivity index (χ1n) is 7.33. The number of carbonyl (C=O) groups excluding carboxylic acids is 1. The molecule has 0 fully saturated rings. The van der Waals surface area contributed by atoms with Gasteiger partial charge in [-0.2, -0.15) is 10.2 Å². The van der Waals surface area contributed by atoms with Crippen molar-refractivity contribution < 1.29 is 4.79 Å². The number of rotatable bonds is 5. The van der Waals surface area contributed by atoms with Crippen molar-refractivity contribution >= 4 is 5.91 Å². The summed E-state index contributed by atoms with van der Waals surface area (Å²) >= 11 is 0. The Morgan fingerprint density at radius 1 is 1.26 bits per heavy atom. The molecule has 7 heteroatoms. The highest BCUT2D eigenvalue weighted by Crippen LogP contribution is 2.12. The van der Waals surface area contributed by atoms with Crippen molar-refractivity contribution in [2.45, 2.75) is 19.5 Å². The van der Waals surface area contributed by atoms with Gasteiger partial charge in [0.1, 0.15) is 18.7 Å². The highest BCUT2D eigenvalue weighted by Gasteiger charge is 2.20. The van der Waals surface area contributed by atoms with Gasteiger partial charge in [-0.05, 0) is 19.1 Å². The summed E-state index contributed by atoms with van der Waals surface area (Å²) in [5.41, 5.74) is 1.96. The van der Waals surface area contributed by atoms with Crippen molar-refractivity contribution in [3.63, 3.8) is 0 Å². The number of hydrogen-bond acceptors (Lipinski definition) is 4. The summed E-state index contributed by atoms with van der Waals surface area (Å²) in [6, 6.07) is 9.48. The summed E-state index contributed by atoms with van der Waals surface area (Å²) in [7, 11) is 1.77. The number of likely N-dealkylation sites (N-methyl/N-ethyl adjacent to an activating group) is 1. The van der Waals surface area contributed by atoms with Gasteiger partial charge in [-0.1, -0.05) is 18.2 Å². The maximum atomic E-state index is 12.4. The van der Waals surface area contributed by atoms with E-state index in [4.69, 9.17) is 0 Å². The van der Waals surface area contributed by atoms with Gasteiger partial charge in [0.05, 0.1) is 11.9 Å². The van der Waals surface area contributed by atoms with Crippen LogP contribution in [-0.4, -0.2) is 42.4 Å². The summed E-state index contributed by atoms with van der Waals surface area (Å²) in [5, 5.41) is 8.36. The molecule has 1 aromatic carbocycles. The molecule has 0 aliphatic rings. The van der Waals surface area contributed by atoms with Crippen LogP contribution < -0.4 is 0 Å². The Balaban J connectivity index is 1.67. The predicted molar refractivity (Wildman–Crippen MR) is 84.8 cm³/mol. The first-order chi connectivity index (χ1) is 11.1. The molecular weight excluding hydrogens is 292 g/mol. The third kappa shape index (κ3) is 3.28. The van der Waals surface area contributed by atoms with Crippen LogP contribution >= 0.6 is 0 Å². The average molecular weight is 310 g/mol. The molecule has 0 bridgehead atoms. The van der Waals surface area contributed by atoms with Gasteiger partial charge in [0.15, 0.2) is 0 Å². The SMILES string of the molecule is C[C@@H](C(=O)N(C)Cc1cnn(-c2ccccc2)c1)n1cncn1. The molecule has 0 aliphatic carbocycles. The lowest BCUT2D eigenvalue weighted by Crippen LogP contribution is -2.32. The van der Waals surface area contributed by atoms with Crippen molar-refractivity contribution in [3.05, 3.63) is 60.9 Å². The van der Waals surface area contributed by atoms with E-state index in [-0.39, 0.29) is 11.9 Å². The van der Waals surface area contributed by atoms with E-state index >= 15 is 0 Å². The van der Waals surface area contributed by atoms with Crippen molar-refractivity contribution in [1.29, 1.82) is 0 Å². The van der Waals surface area contributed by atoms with E-state index in [1.54, 1.807) is 40.8 Å². The monoisotopic (exact) mass is 310 g/mol. The first kappa shape index (κ1) is 15.0. The molecule has 1 atom stereocenters. The van der Waals surface area contributed by atoms with Crippen LogP contribution in [0.3, 0.4) is 0 Å². The first-order valence-corrected chi connectivity index (χ1v) is 7.33. The average Bonchev–Trinajstić information content (AvgIpc) is 3.26. The molecule has 118 valence electrons. The van der Waals surface area contributed by atoms with Crippen molar-refractivity contribution in [2.24, 2.45) is 0 Å². The quantitative estimate of drug-likeness (QED) is 0.719. The Morgan fingerprint density at radius 3 is 2.74 bits per heavy atom. The summed E-state index contributed by atoms with van der Waals surface area (Å²) in [4.78, 5) is 18.0. The van der Waals surface area contributed by atoms with Crippen LogP contribution in [0.4, 0.5) is 0 Å². The Labute approximate surface area is 134 Å². The van der Waals surface area contributed by atoms with Crippen LogP contribution in [0.5, 0.6) is 0 Å². The third-order valence-electron chi connectivity index (χ3n) is 3.64. The van der Waals surface area contributed by atoms with Crippen LogP contribution in [0.15, 0.2) is 55.4 Å². The van der Waals surface area contributed by atoms with Gasteiger partial charge in [0.25, 0.3) is 0 Å². The molecule has 0 saturated heterocycles. The zero-order chi connectivity index (χ0) is 16.2. The minimum atomic E-state index is -0.383. The van der Waals surface area contributed by atoms with Gasteiger partial charge >= 0.3 is 0 Å². The number of amides is 1. The van der Waals surface area contributed by atoms with Crippen LogP contribution in [0.25, 0.3) is 5.69 Å². The van der Waals surface area contributed by atoms with Gasteiger partial charge in [-0.3, -0.25) is 4.79 Å². The highest BCUT2D eigenvalue weighted by molar-refractivity contribution is 5.79. The Bertz CT molecular complexity index is 765. The second-order valence-electron chi connectivity index (χ2n) is 5.37. The summed E-state index contributed by atoms with van der Waals surface area (Å²) < 4.78 is 3.35. The fourth-order valence-corrected chi connectivity index (χ4v) is 2.36. The van der Waals surface area contributed by atoms with Crippen LogP contribution in [0.1, 0.15) is 18.5 Å². The van der Waals surface area contributed by atoms with E-state index in [1.165, 1.54) is 6.33 Å². The zero-order valence-electron chi connectivity index (χ0n) is 13.1. The lowest BCUT2D eigenvalue weighted by Gasteiger charge is -2.20. The van der Waals surface area contributed by atoms with Gasteiger partial charge in [-0.25, -0.2) is 14.3 Å². The topological polar surface area (TPSA) is 68.8 Å². The highest BCUT2D eigenvalue weighted by atomic mass is 16.2. The number of carbonyl (C=O) groups is 1. The molecule has 0 N–H and O–H groups in total. The molecule has 3 rings (SSSR count). The van der Waals surface area contributed by atoms with E-state index in [0.717, 1.165) is 11.3 Å². The minimum absolute atomic E-state index is 0.0250. The molecule has 0 aliphatic heterocycles. The van der Waals surface area contributed by atoms with E-state index in [1.807, 2.05) is 36.5 Å². The molecule has 3 aromatic rings. The molecule has 0 spiro atoms. The van der Waals surface area contributed by atoms with Crippen LogP contribution in [-0.2, 0) is 11.3 Å². The van der Waals surface area contributed by atoms with Crippen LogP contribution in [0.2, 0.25) is 0 Å². The summed E-state index contributed by atoms with van der Waals surface area (Å²) in [5.74, 6) is -0.0250. The number of para-hydroxylation sites is 1. The Kier molecular flexibility index (Phi) is 4.18. The fraction of sp³-hybridized carbons (Fsp3) is 0.250. The maximum absolute atomic E-state index is 12.4. The smallest absolute Gasteiger partial charge is 0.247 e. The molecule has 23 heavy (non-hydrogen) atoms. The fourth-order valence-electron chi connectivity index (χ4n) is 2.36. The Hall–Kier alpha value is -2.96. The Morgan fingerprint density at radius 2 is 2.04 bits per heavy atom. The number of hydrogen-bond donors (Lipinski definition) is 0. The third-order valence-corrected chi connectivity index (χ3v) is 3.64. The second kappa shape index (κ2) is 6.43. The summed E-state index contributed by atoms with van der Waals surface area (Å²) in [6.07, 6.45) is 6.67. The maximum Gasteiger partial charge on any atom is 0.247 e. The largest absolute Gasteiger partial charge is 0.339 e. The molecule has 2 aromatic heterocycles. The summed E-state index contributed by atoms with van der Waals surface area (Å²) in [6.45, 7) is 2.30. The van der Waals surface area contributed by atoms with Gasteiger partial charge in [0, 0.05) is 25.4 Å². The van der Waals surface area contributed by atoms with Crippen molar-refractivity contribution in [2.75, 3.05) is 7.05 Å². The number of nitrogens with zero attached hydrogens (tertiary/aromatic N) is 6. The molecule has 0 saturated carbocycles. The van der Waals surface area contributed by atoms with E-state index < -0.39 is 0 Å². The zero-order valence-corrected chi connectivity index (χ0v) is 13.1. The number of benzene rings is 1. The lowest BCUT2D eigenvalue weighted by molar-refractivity contribution is -0.133. The van der Waals surface area contributed by atoms with Gasteiger partial charge < -0.3 is 4.90 Å². The second-order valence-corrected chi connectivity index (χ2v) is 5.37. The van der Waals surface area contributed by atoms with Crippen LogP contribution in [0, 0.1) is 0 Å². The molecule has 0 unspecified atom stereocenters. The lowest BCUT2D eigenvalue weighted by atomic mass is 10.2. The van der Waals surface area contributed by atoms with Gasteiger partial charge in [-0.15, -0.1) is 0 Å². The molecule has 2 heterocycles. The van der Waals surface area contributed by atoms with E-state index in [2.05, 4.69) is 15.2 Å². The van der Waals surface area contributed by atoms with E-state index in [9.17, 15) is 4.79 Å². The normalized spacial score (nSPS) is 12.1. The molecular formula is C16H18N6O. The van der Waals surface area contributed by atoms with Crippen molar-refractivity contribution in [3.8, 4) is 5.69 Å². The van der Waals surface area contributed by atoms with Crippen molar-refractivity contribution in [1.82, 2.24) is 29.4 Å². The standard InChI is InChI=1S/C16H18N6O/c1-13(22-12-17-11-19-22)16(23)20(2)9-14-8-18-21(10-14)15-6-4-3-5-7-15/h3-8,10-13H,9H2,1-2H3/t13-/m0/s1. The number of aromatic nitrogens is 5. The molecule has 1 amide bonds.